The summed E-state index contributed by atoms with van der Waals surface area (Å²) in [5.41, 5.74) is 14.0. The lowest BCUT2D eigenvalue weighted by Gasteiger charge is -2.08. The summed E-state index contributed by atoms with van der Waals surface area (Å²) in [5, 5.41) is 0. The van der Waals surface area contributed by atoms with E-state index in [2.05, 4.69) is 76.7 Å². The first-order valence-electron chi connectivity index (χ1n) is 8.19. The molecular formula is C22H27N. The Morgan fingerprint density at radius 3 is 2.30 bits per heavy atom. The summed E-state index contributed by atoms with van der Waals surface area (Å²) in [6.45, 7) is 12.8. The van der Waals surface area contributed by atoms with Crippen LogP contribution < -0.4 is 5.73 Å². The van der Waals surface area contributed by atoms with Crippen LogP contribution in [0, 0.1) is 19.8 Å². The average Bonchev–Trinajstić information content (AvgIpc) is 2.44. The molecule has 1 heteroatoms. The molecule has 0 aliphatic heterocycles. The minimum atomic E-state index is 0.639. The van der Waals surface area contributed by atoms with E-state index in [0.717, 1.165) is 28.8 Å². The van der Waals surface area contributed by atoms with Gasteiger partial charge in [0.2, 0.25) is 0 Å². The maximum Gasteiger partial charge on any atom is 0.0390 e. The van der Waals surface area contributed by atoms with Crippen LogP contribution in [0.5, 0.6) is 0 Å². The van der Waals surface area contributed by atoms with Crippen molar-refractivity contribution in [3.05, 3.63) is 76.9 Å². The van der Waals surface area contributed by atoms with Crippen LogP contribution in [0.25, 0.3) is 11.6 Å². The van der Waals surface area contributed by atoms with Crippen molar-refractivity contribution < 1.29 is 0 Å². The lowest BCUT2D eigenvalue weighted by molar-refractivity contribution is 0.647. The standard InChI is InChI=1S/C22H27N/c1-15(2)10-19-7-9-20(22(23)14-19)8-6-18(5)21-12-16(3)11-17(4)13-21/h6-9,11-15H,5,10,23H2,1-4H3/b8-6-. The third-order valence-corrected chi connectivity index (χ3v) is 3.85. The predicted octanol–water partition coefficient (Wildman–Crippen LogP) is 5.81. The highest BCUT2D eigenvalue weighted by atomic mass is 14.6. The van der Waals surface area contributed by atoms with Gasteiger partial charge in [0.15, 0.2) is 0 Å². The Kier molecular flexibility index (Phi) is 5.44. The van der Waals surface area contributed by atoms with Gasteiger partial charge in [-0.2, -0.15) is 0 Å². The van der Waals surface area contributed by atoms with Gasteiger partial charge in [-0.25, -0.2) is 0 Å². The Labute approximate surface area is 140 Å². The molecule has 0 heterocycles. The van der Waals surface area contributed by atoms with E-state index in [1.165, 1.54) is 16.7 Å². The van der Waals surface area contributed by atoms with Gasteiger partial charge >= 0.3 is 0 Å². The molecule has 0 unspecified atom stereocenters. The first-order valence-corrected chi connectivity index (χ1v) is 8.19. The van der Waals surface area contributed by atoms with Crippen LogP contribution >= 0.6 is 0 Å². The van der Waals surface area contributed by atoms with E-state index >= 15 is 0 Å². The first-order chi connectivity index (χ1) is 10.8. The fourth-order valence-corrected chi connectivity index (χ4v) is 2.82. The largest absolute Gasteiger partial charge is 0.398 e. The van der Waals surface area contributed by atoms with Crippen LogP contribution in [0.1, 0.15) is 41.7 Å². The van der Waals surface area contributed by atoms with E-state index in [9.17, 15) is 0 Å². The van der Waals surface area contributed by atoms with Gasteiger partial charge in [-0.1, -0.05) is 74.0 Å². The monoisotopic (exact) mass is 305 g/mol. The van der Waals surface area contributed by atoms with Crippen molar-refractivity contribution in [1.82, 2.24) is 0 Å². The average molecular weight is 305 g/mol. The Hall–Kier alpha value is -2.28. The summed E-state index contributed by atoms with van der Waals surface area (Å²) in [6.07, 6.45) is 5.15. The summed E-state index contributed by atoms with van der Waals surface area (Å²) >= 11 is 0. The first kappa shape index (κ1) is 17.1. The number of aryl methyl sites for hydroxylation is 2. The molecule has 0 amide bonds. The highest BCUT2D eigenvalue weighted by Crippen LogP contribution is 2.22. The SMILES string of the molecule is C=C(/C=C\c1ccc(CC(C)C)cc1N)c1cc(C)cc(C)c1. The summed E-state index contributed by atoms with van der Waals surface area (Å²) in [6, 6.07) is 12.8. The van der Waals surface area contributed by atoms with Crippen molar-refractivity contribution in [1.29, 1.82) is 0 Å². The van der Waals surface area contributed by atoms with Crippen molar-refractivity contribution in [3.63, 3.8) is 0 Å². The molecule has 1 nitrogen and oxygen atoms in total. The molecule has 0 atom stereocenters. The zero-order chi connectivity index (χ0) is 17.0. The number of allylic oxidation sites excluding steroid dienone is 2. The Bertz CT molecular complexity index is 715. The minimum absolute atomic E-state index is 0.639. The molecule has 0 radical (unpaired) electrons. The number of nitrogens with two attached hydrogens (primary N) is 1. The van der Waals surface area contributed by atoms with Crippen LogP contribution in [0.2, 0.25) is 0 Å². The van der Waals surface area contributed by atoms with Crippen molar-refractivity contribution in [2.45, 2.75) is 34.1 Å². The second kappa shape index (κ2) is 7.32. The maximum atomic E-state index is 6.19. The summed E-state index contributed by atoms with van der Waals surface area (Å²) in [7, 11) is 0. The molecule has 120 valence electrons. The molecule has 0 aliphatic rings. The molecule has 2 N–H and O–H groups in total. The van der Waals surface area contributed by atoms with Crippen molar-refractivity contribution >= 4 is 17.3 Å². The molecule has 0 fully saturated rings. The normalized spacial score (nSPS) is 11.3. The smallest absolute Gasteiger partial charge is 0.0390 e. The second-order valence-electron chi connectivity index (χ2n) is 6.80. The second-order valence-corrected chi connectivity index (χ2v) is 6.80. The summed E-state index contributed by atoms with van der Waals surface area (Å²) in [4.78, 5) is 0. The number of hydrogen-bond donors (Lipinski definition) is 1. The van der Waals surface area contributed by atoms with E-state index in [-0.39, 0.29) is 0 Å². The van der Waals surface area contributed by atoms with Gasteiger partial charge < -0.3 is 5.73 Å². The quantitative estimate of drug-likeness (QED) is 0.547. The van der Waals surface area contributed by atoms with Crippen molar-refractivity contribution in [2.75, 3.05) is 5.73 Å². The zero-order valence-corrected chi connectivity index (χ0v) is 14.7. The fourth-order valence-electron chi connectivity index (χ4n) is 2.82. The molecule has 0 bridgehead atoms. The highest BCUT2D eigenvalue weighted by Gasteiger charge is 2.02. The van der Waals surface area contributed by atoms with Gasteiger partial charge in [0.25, 0.3) is 0 Å². The number of anilines is 1. The maximum absolute atomic E-state index is 6.19. The molecule has 2 aromatic carbocycles. The van der Waals surface area contributed by atoms with Crippen LogP contribution in [-0.2, 0) is 6.42 Å². The molecule has 0 spiro atoms. The van der Waals surface area contributed by atoms with Gasteiger partial charge in [0, 0.05) is 5.69 Å². The van der Waals surface area contributed by atoms with Gasteiger partial charge in [-0.05, 0) is 54.5 Å². The molecule has 23 heavy (non-hydrogen) atoms. The van der Waals surface area contributed by atoms with E-state index in [0.29, 0.717) is 5.92 Å². The summed E-state index contributed by atoms with van der Waals surface area (Å²) < 4.78 is 0. The van der Waals surface area contributed by atoms with Crippen LogP contribution in [0.15, 0.2) is 49.1 Å². The van der Waals surface area contributed by atoms with Gasteiger partial charge in [0.1, 0.15) is 0 Å². The molecule has 2 rings (SSSR count). The van der Waals surface area contributed by atoms with E-state index in [1.807, 2.05) is 6.08 Å². The molecule has 2 aromatic rings. The Balaban J connectivity index is 2.17. The number of benzene rings is 2. The Morgan fingerprint density at radius 2 is 1.74 bits per heavy atom. The predicted molar refractivity (Wildman–Crippen MR) is 103 cm³/mol. The molecule has 0 saturated heterocycles. The van der Waals surface area contributed by atoms with E-state index in [1.54, 1.807) is 0 Å². The minimum Gasteiger partial charge on any atom is -0.398 e. The topological polar surface area (TPSA) is 26.0 Å². The third kappa shape index (κ3) is 4.85. The van der Waals surface area contributed by atoms with Crippen molar-refractivity contribution in [3.8, 4) is 0 Å². The van der Waals surface area contributed by atoms with Crippen LogP contribution in [-0.4, -0.2) is 0 Å². The van der Waals surface area contributed by atoms with Crippen LogP contribution in [0.3, 0.4) is 0 Å². The lowest BCUT2D eigenvalue weighted by atomic mass is 9.99. The number of hydrogen-bond acceptors (Lipinski definition) is 1. The Morgan fingerprint density at radius 1 is 1.09 bits per heavy atom. The van der Waals surface area contributed by atoms with Crippen LogP contribution in [0.4, 0.5) is 5.69 Å². The molecule has 0 aromatic heterocycles. The molecular weight excluding hydrogens is 278 g/mol. The van der Waals surface area contributed by atoms with Gasteiger partial charge in [-0.15, -0.1) is 0 Å². The molecule has 0 saturated carbocycles. The lowest BCUT2D eigenvalue weighted by Crippen LogP contribution is -1.97. The van der Waals surface area contributed by atoms with E-state index < -0.39 is 0 Å². The fraction of sp³-hybridized carbons (Fsp3) is 0.273. The van der Waals surface area contributed by atoms with Gasteiger partial charge in [-0.3, -0.25) is 0 Å². The molecule has 0 aliphatic carbocycles. The van der Waals surface area contributed by atoms with E-state index in [4.69, 9.17) is 5.73 Å². The zero-order valence-electron chi connectivity index (χ0n) is 14.7. The van der Waals surface area contributed by atoms with Crippen molar-refractivity contribution in [2.24, 2.45) is 5.92 Å². The number of rotatable bonds is 5. The number of nitrogen functional groups attached to an aromatic ring is 1. The summed E-state index contributed by atoms with van der Waals surface area (Å²) in [5.74, 6) is 0.639. The third-order valence-electron chi connectivity index (χ3n) is 3.85. The van der Waals surface area contributed by atoms with Gasteiger partial charge in [0.05, 0.1) is 0 Å². The highest BCUT2D eigenvalue weighted by molar-refractivity contribution is 5.80.